The zero-order chi connectivity index (χ0) is 13.7. The van der Waals surface area contributed by atoms with Crippen molar-refractivity contribution in [2.45, 2.75) is 31.7 Å². The fraction of sp³-hybridized carbons (Fsp3) is 0.538. The third kappa shape index (κ3) is 4.24. The summed E-state index contributed by atoms with van der Waals surface area (Å²) in [5, 5.41) is 18.6. The largest absolute Gasteiger partial charge is 0.481 e. The highest BCUT2D eigenvalue weighted by Crippen LogP contribution is 2.25. The Kier molecular flexibility index (Phi) is 4.79. The first-order valence-corrected chi connectivity index (χ1v) is 7.37. The molecule has 0 spiro atoms. The molecule has 0 aliphatic heterocycles. The van der Waals surface area contributed by atoms with Gasteiger partial charge in [0.15, 0.2) is 0 Å². The van der Waals surface area contributed by atoms with Crippen LogP contribution in [-0.4, -0.2) is 29.7 Å². The van der Waals surface area contributed by atoms with Crippen molar-refractivity contribution in [3.05, 3.63) is 22.4 Å². The second kappa shape index (κ2) is 6.56. The van der Waals surface area contributed by atoms with E-state index in [1.165, 1.54) is 5.56 Å². The minimum absolute atomic E-state index is 0.0118. The Balaban J connectivity index is 1.63. The standard InChI is InChI=1S/C13H18N2O3S/c16-12(17)10-1-2-11(7-10)15-13(18)14-5-3-9-4-6-19-8-9/h4,6,8,10-11H,1-3,5,7H2,(H,16,17)(H2,14,15,18). The predicted molar refractivity (Wildman–Crippen MR) is 73.3 cm³/mol. The monoisotopic (exact) mass is 282 g/mol. The fourth-order valence-electron chi connectivity index (χ4n) is 2.33. The molecule has 2 atom stereocenters. The minimum atomic E-state index is -0.762. The van der Waals surface area contributed by atoms with Crippen LogP contribution in [-0.2, 0) is 11.2 Å². The smallest absolute Gasteiger partial charge is 0.315 e. The second-order valence-electron chi connectivity index (χ2n) is 4.83. The Hall–Kier alpha value is -1.56. The molecular weight excluding hydrogens is 264 g/mol. The Morgan fingerprint density at radius 2 is 2.26 bits per heavy atom. The summed E-state index contributed by atoms with van der Waals surface area (Å²) in [6.45, 7) is 0.595. The first-order chi connectivity index (χ1) is 9.15. The van der Waals surface area contributed by atoms with Gasteiger partial charge < -0.3 is 15.7 Å². The van der Waals surface area contributed by atoms with Gasteiger partial charge in [0.1, 0.15) is 0 Å². The van der Waals surface area contributed by atoms with Crippen molar-refractivity contribution in [2.24, 2.45) is 5.92 Å². The Morgan fingerprint density at radius 3 is 2.89 bits per heavy atom. The van der Waals surface area contributed by atoms with Crippen molar-refractivity contribution >= 4 is 23.3 Å². The SMILES string of the molecule is O=C(NCCc1ccsc1)NC1CCC(C(=O)O)C1. The molecule has 19 heavy (non-hydrogen) atoms. The summed E-state index contributed by atoms with van der Waals surface area (Å²) in [7, 11) is 0. The lowest BCUT2D eigenvalue weighted by Crippen LogP contribution is -2.41. The number of carboxylic acid groups (broad SMARTS) is 1. The molecule has 0 aromatic carbocycles. The minimum Gasteiger partial charge on any atom is -0.481 e. The van der Waals surface area contributed by atoms with Crippen molar-refractivity contribution in [3.8, 4) is 0 Å². The van der Waals surface area contributed by atoms with Crippen molar-refractivity contribution in [1.82, 2.24) is 10.6 Å². The van der Waals surface area contributed by atoms with Crippen molar-refractivity contribution in [1.29, 1.82) is 0 Å². The average Bonchev–Trinajstić information content (AvgIpc) is 3.00. The van der Waals surface area contributed by atoms with E-state index in [0.717, 1.165) is 12.8 Å². The average molecular weight is 282 g/mol. The van der Waals surface area contributed by atoms with Gasteiger partial charge in [-0.25, -0.2) is 4.79 Å². The maximum absolute atomic E-state index is 11.6. The van der Waals surface area contributed by atoms with Crippen molar-refractivity contribution < 1.29 is 14.7 Å². The van der Waals surface area contributed by atoms with E-state index in [0.29, 0.717) is 19.4 Å². The highest BCUT2D eigenvalue weighted by Gasteiger charge is 2.30. The van der Waals surface area contributed by atoms with Crippen LogP contribution in [0.3, 0.4) is 0 Å². The predicted octanol–water partition coefficient (Wildman–Crippen LogP) is 1.84. The summed E-state index contributed by atoms with van der Waals surface area (Å²) < 4.78 is 0. The molecule has 0 bridgehead atoms. The number of carbonyl (C=O) groups is 2. The molecule has 0 saturated heterocycles. The number of aliphatic carboxylic acids is 1. The normalized spacial score (nSPS) is 22.1. The lowest BCUT2D eigenvalue weighted by atomic mass is 10.1. The van der Waals surface area contributed by atoms with Crippen LogP contribution < -0.4 is 10.6 Å². The number of rotatable bonds is 5. The molecule has 1 heterocycles. The molecular formula is C13H18N2O3S. The molecule has 2 rings (SSSR count). The van der Waals surface area contributed by atoms with Gasteiger partial charge in [-0.2, -0.15) is 11.3 Å². The Morgan fingerprint density at radius 1 is 1.42 bits per heavy atom. The van der Waals surface area contributed by atoms with E-state index in [1.807, 2.05) is 11.4 Å². The summed E-state index contributed by atoms with van der Waals surface area (Å²) in [5.74, 6) is -1.07. The molecule has 1 saturated carbocycles. The van der Waals surface area contributed by atoms with Gasteiger partial charge in [-0.1, -0.05) is 0 Å². The van der Waals surface area contributed by atoms with Crippen LogP contribution in [0.2, 0.25) is 0 Å². The molecule has 0 radical (unpaired) electrons. The van der Waals surface area contributed by atoms with E-state index in [4.69, 9.17) is 5.11 Å². The van der Waals surface area contributed by atoms with Crippen LogP contribution in [0.4, 0.5) is 4.79 Å². The summed E-state index contributed by atoms with van der Waals surface area (Å²) in [6.07, 6.45) is 2.75. The van der Waals surface area contributed by atoms with Gasteiger partial charge in [0.25, 0.3) is 0 Å². The molecule has 1 fully saturated rings. The van der Waals surface area contributed by atoms with Gasteiger partial charge in [0.05, 0.1) is 5.92 Å². The third-order valence-corrected chi connectivity index (χ3v) is 4.13. The maximum Gasteiger partial charge on any atom is 0.315 e. The molecule has 1 aliphatic rings. The van der Waals surface area contributed by atoms with E-state index in [2.05, 4.69) is 16.0 Å². The topological polar surface area (TPSA) is 78.4 Å². The van der Waals surface area contributed by atoms with Crippen LogP contribution in [0.15, 0.2) is 16.8 Å². The van der Waals surface area contributed by atoms with Crippen LogP contribution in [0.1, 0.15) is 24.8 Å². The van der Waals surface area contributed by atoms with Crippen LogP contribution >= 0.6 is 11.3 Å². The quantitative estimate of drug-likeness (QED) is 0.771. The molecule has 2 unspecified atom stereocenters. The van der Waals surface area contributed by atoms with Crippen LogP contribution in [0.25, 0.3) is 0 Å². The Labute approximate surface area is 116 Å². The number of hydrogen-bond acceptors (Lipinski definition) is 3. The Bertz CT molecular complexity index is 433. The van der Waals surface area contributed by atoms with Gasteiger partial charge in [-0.3, -0.25) is 4.79 Å². The van der Waals surface area contributed by atoms with E-state index in [1.54, 1.807) is 11.3 Å². The van der Waals surface area contributed by atoms with Crippen LogP contribution in [0, 0.1) is 5.92 Å². The summed E-state index contributed by atoms with van der Waals surface area (Å²) in [4.78, 5) is 22.4. The van der Waals surface area contributed by atoms with Crippen molar-refractivity contribution in [2.75, 3.05) is 6.54 Å². The fourth-order valence-corrected chi connectivity index (χ4v) is 3.03. The summed E-state index contributed by atoms with van der Waals surface area (Å²) >= 11 is 1.64. The zero-order valence-corrected chi connectivity index (χ0v) is 11.4. The van der Waals surface area contributed by atoms with Crippen molar-refractivity contribution in [3.63, 3.8) is 0 Å². The van der Waals surface area contributed by atoms with Crippen LogP contribution in [0.5, 0.6) is 0 Å². The van der Waals surface area contributed by atoms with Gasteiger partial charge in [-0.05, 0) is 48.1 Å². The van der Waals surface area contributed by atoms with Gasteiger partial charge in [0.2, 0.25) is 0 Å². The van der Waals surface area contributed by atoms with Gasteiger partial charge in [0, 0.05) is 12.6 Å². The highest BCUT2D eigenvalue weighted by atomic mass is 32.1. The molecule has 1 aliphatic carbocycles. The lowest BCUT2D eigenvalue weighted by molar-refractivity contribution is -0.141. The molecule has 3 N–H and O–H groups in total. The zero-order valence-electron chi connectivity index (χ0n) is 10.6. The number of amides is 2. The first kappa shape index (κ1) is 13.9. The van der Waals surface area contributed by atoms with E-state index >= 15 is 0 Å². The number of urea groups is 1. The summed E-state index contributed by atoms with van der Waals surface area (Å²) in [5.41, 5.74) is 1.22. The molecule has 6 heteroatoms. The van der Waals surface area contributed by atoms with E-state index in [-0.39, 0.29) is 18.0 Å². The molecule has 104 valence electrons. The highest BCUT2D eigenvalue weighted by molar-refractivity contribution is 7.07. The maximum atomic E-state index is 11.6. The van der Waals surface area contributed by atoms with Gasteiger partial charge >= 0.3 is 12.0 Å². The molecule has 5 nitrogen and oxygen atoms in total. The number of thiophene rings is 1. The lowest BCUT2D eigenvalue weighted by Gasteiger charge is -2.13. The van der Waals surface area contributed by atoms with Gasteiger partial charge in [-0.15, -0.1) is 0 Å². The molecule has 2 amide bonds. The summed E-state index contributed by atoms with van der Waals surface area (Å²) in [6, 6.07) is 1.83. The number of carboxylic acids is 1. The second-order valence-corrected chi connectivity index (χ2v) is 5.61. The molecule has 1 aromatic rings. The molecule has 1 aromatic heterocycles. The number of nitrogens with one attached hydrogen (secondary N) is 2. The number of carbonyl (C=O) groups excluding carboxylic acids is 1. The first-order valence-electron chi connectivity index (χ1n) is 6.43. The van der Waals surface area contributed by atoms with E-state index < -0.39 is 5.97 Å². The van der Waals surface area contributed by atoms with E-state index in [9.17, 15) is 9.59 Å². The number of hydrogen-bond donors (Lipinski definition) is 3. The third-order valence-electron chi connectivity index (χ3n) is 3.40.